The summed E-state index contributed by atoms with van der Waals surface area (Å²) >= 11 is 4.88. The molecule has 1 N–H and O–H groups in total. The van der Waals surface area contributed by atoms with Gasteiger partial charge in [0, 0.05) is 11.8 Å². The molecular weight excluding hydrogens is 234 g/mol. The van der Waals surface area contributed by atoms with E-state index >= 15 is 0 Å². The zero-order valence-electron chi connectivity index (χ0n) is 8.83. The van der Waals surface area contributed by atoms with Crippen molar-refractivity contribution in [3.05, 3.63) is 53.8 Å². The van der Waals surface area contributed by atoms with E-state index < -0.39 is 0 Å². The van der Waals surface area contributed by atoms with Crippen molar-refractivity contribution >= 4 is 12.2 Å². The Morgan fingerprint density at radius 3 is 2.76 bits per heavy atom. The summed E-state index contributed by atoms with van der Waals surface area (Å²) in [6, 6.07) is 9.91. The lowest BCUT2D eigenvalue weighted by atomic mass is 10.3. The van der Waals surface area contributed by atoms with Crippen molar-refractivity contribution in [3.63, 3.8) is 0 Å². The number of hydrogen-bond acceptors (Lipinski definition) is 3. The van der Waals surface area contributed by atoms with Crippen LogP contribution in [-0.2, 0) is 0 Å². The van der Waals surface area contributed by atoms with Gasteiger partial charge in [0.2, 0.25) is 0 Å². The average molecular weight is 243 g/mol. The van der Waals surface area contributed by atoms with Gasteiger partial charge in [-0.2, -0.15) is 5.10 Å². The average Bonchev–Trinajstić information content (AvgIpc) is 2.98. The minimum absolute atomic E-state index is 0.368. The fourth-order valence-corrected chi connectivity index (χ4v) is 1.76. The molecule has 0 fully saturated rings. The van der Waals surface area contributed by atoms with Crippen molar-refractivity contribution < 1.29 is 4.42 Å². The Kier molecular flexibility index (Phi) is 2.38. The first kappa shape index (κ1) is 10.0. The number of benzene rings is 1. The molecular formula is C12H9N3OS. The highest BCUT2D eigenvalue weighted by Crippen LogP contribution is 2.18. The van der Waals surface area contributed by atoms with Crippen LogP contribution in [-0.4, -0.2) is 14.8 Å². The van der Waals surface area contributed by atoms with E-state index in [1.54, 1.807) is 17.1 Å². The van der Waals surface area contributed by atoms with Crippen molar-refractivity contribution in [2.75, 3.05) is 0 Å². The molecule has 0 radical (unpaired) electrons. The van der Waals surface area contributed by atoms with E-state index in [1.165, 1.54) is 0 Å². The Labute approximate surface area is 103 Å². The lowest BCUT2D eigenvalue weighted by Crippen LogP contribution is -1.92. The van der Waals surface area contributed by atoms with Gasteiger partial charge in [-0.3, -0.25) is 0 Å². The molecule has 0 amide bonds. The van der Waals surface area contributed by atoms with Gasteiger partial charge in [-0.05, 0) is 24.4 Å². The highest BCUT2D eigenvalue weighted by Gasteiger charge is 2.04. The Bertz CT molecular complexity index is 681. The van der Waals surface area contributed by atoms with Gasteiger partial charge in [0.15, 0.2) is 0 Å². The topological polar surface area (TPSA) is 46.8 Å². The molecule has 3 rings (SSSR count). The molecule has 4 nitrogen and oxygen atoms in total. The number of aromatic nitrogens is 3. The number of nitrogens with zero attached hydrogens (tertiary/aromatic N) is 2. The van der Waals surface area contributed by atoms with E-state index in [9.17, 15) is 0 Å². The second-order valence-electron chi connectivity index (χ2n) is 3.57. The first-order valence-electron chi connectivity index (χ1n) is 5.11. The normalized spacial score (nSPS) is 10.6. The van der Waals surface area contributed by atoms with E-state index in [1.807, 2.05) is 36.5 Å². The van der Waals surface area contributed by atoms with Crippen LogP contribution in [0, 0.1) is 4.84 Å². The third kappa shape index (κ3) is 1.92. The summed E-state index contributed by atoms with van der Waals surface area (Å²) in [7, 11) is 0. The number of aromatic amines is 1. The van der Waals surface area contributed by atoms with Crippen LogP contribution in [0.25, 0.3) is 16.9 Å². The van der Waals surface area contributed by atoms with Crippen LogP contribution in [0.3, 0.4) is 0 Å². The zero-order chi connectivity index (χ0) is 11.7. The maximum absolute atomic E-state index is 5.06. The van der Waals surface area contributed by atoms with Crippen LogP contribution in [0.5, 0.6) is 0 Å². The van der Waals surface area contributed by atoms with Crippen LogP contribution >= 0.6 is 12.2 Å². The van der Waals surface area contributed by atoms with Crippen LogP contribution in [0.1, 0.15) is 0 Å². The summed E-state index contributed by atoms with van der Waals surface area (Å²) in [4.78, 5) is 3.32. The highest BCUT2D eigenvalue weighted by molar-refractivity contribution is 7.71. The van der Waals surface area contributed by atoms with Crippen LogP contribution < -0.4 is 0 Å². The minimum Gasteiger partial charge on any atom is -0.437 e. The second-order valence-corrected chi connectivity index (χ2v) is 3.94. The van der Waals surface area contributed by atoms with Gasteiger partial charge in [-0.25, -0.2) is 4.68 Å². The molecule has 0 saturated heterocycles. The SMILES string of the molecule is S=c1[nH]c(-c2cnn(-c3ccccc3)c2)co1. The van der Waals surface area contributed by atoms with Crippen LogP contribution in [0.4, 0.5) is 0 Å². The van der Waals surface area contributed by atoms with E-state index in [0.717, 1.165) is 16.9 Å². The lowest BCUT2D eigenvalue weighted by molar-refractivity contribution is 0.541. The number of oxazole rings is 1. The monoisotopic (exact) mass is 243 g/mol. The number of H-pyrrole nitrogens is 1. The summed E-state index contributed by atoms with van der Waals surface area (Å²) in [5.74, 6) is 0. The number of hydrogen-bond donors (Lipinski definition) is 1. The maximum atomic E-state index is 5.06. The summed E-state index contributed by atoms with van der Waals surface area (Å²) in [5.41, 5.74) is 2.78. The van der Waals surface area contributed by atoms with Gasteiger partial charge in [-0.1, -0.05) is 18.2 Å². The molecule has 0 bridgehead atoms. The summed E-state index contributed by atoms with van der Waals surface area (Å²) in [5, 5.41) is 4.29. The molecule has 17 heavy (non-hydrogen) atoms. The molecule has 3 aromatic rings. The molecule has 0 unspecified atom stereocenters. The van der Waals surface area contributed by atoms with Crippen molar-refractivity contribution in [1.29, 1.82) is 0 Å². The van der Waals surface area contributed by atoms with Crippen molar-refractivity contribution in [1.82, 2.24) is 14.8 Å². The second kappa shape index (κ2) is 4.03. The number of rotatable bonds is 2. The van der Waals surface area contributed by atoms with Crippen molar-refractivity contribution in [3.8, 4) is 16.9 Å². The van der Waals surface area contributed by atoms with E-state index in [4.69, 9.17) is 16.6 Å². The van der Waals surface area contributed by atoms with Crippen molar-refractivity contribution in [2.24, 2.45) is 0 Å². The molecule has 1 aromatic carbocycles. The van der Waals surface area contributed by atoms with Gasteiger partial charge in [-0.15, -0.1) is 0 Å². The smallest absolute Gasteiger partial charge is 0.266 e. The van der Waals surface area contributed by atoms with Gasteiger partial charge in [0.1, 0.15) is 6.26 Å². The molecule has 84 valence electrons. The Morgan fingerprint density at radius 2 is 2.06 bits per heavy atom. The molecule has 5 heteroatoms. The molecule has 2 aromatic heterocycles. The molecule has 0 aliphatic carbocycles. The molecule has 0 spiro atoms. The van der Waals surface area contributed by atoms with Gasteiger partial charge < -0.3 is 9.40 Å². The quantitative estimate of drug-likeness (QED) is 0.703. The summed E-state index contributed by atoms with van der Waals surface area (Å²) in [6.45, 7) is 0. The van der Waals surface area contributed by atoms with Crippen molar-refractivity contribution in [2.45, 2.75) is 0 Å². The number of para-hydroxylation sites is 1. The molecule has 2 heterocycles. The largest absolute Gasteiger partial charge is 0.437 e. The number of nitrogens with one attached hydrogen (secondary N) is 1. The van der Waals surface area contributed by atoms with Gasteiger partial charge in [0.25, 0.3) is 4.84 Å². The summed E-state index contributed by atoms with van der Waals surface area (Å²) < 4.78 is 6.86. The molecule has 0 atom stereocenters. The minimum atomic E-state index is 0.368. The Balaban J connectivity index is 2.01. The fourth-order valence-electron chi connectivity index (χ4n) is 1.61. The molecule has 0 saturated carbocycles. The first-order valence-corrected chi connectivity index (χ1v) is 5.52. The first-order chi connectivity index (χ1) is 8.33. The Morgan fingerprint density at radius 1 is 1.24 bits per heavy atom. The fraction of sp³-hybridized carbons (Fsp3) is 0. The predicted octanol–water partition coefficient (Wildman–Crippen LogP) is 3.19. The van der Waals surface area contributed by atoms with Gasteiger partial charge >= 0.3 is 0 Å². The van der Waals surface area contributed by atoms with Crippen LogP contribution in [0.15, 0.2) is 53.4 Å². The third-order valence-corrected chi connectivity index (χ3v) is 2.63. The third-order valence-electron chi connectivity index (χ3n) is 2.43. The lowest BCUT2D eigenvalue weighted by Gasteiger charge is -1.98. The predicted molar refractivity (Wildman–Crippen MR) is 66.5 cm³/mol. The molecule has 0 aliphatic rings. The van der Waals surface area contributed by atoms with E-state index in [-0.39, 0.29) is 0 Å². The highest BCUT2D eigenvalue weighted by atomic mass is 32.1. The summed E-state index contributed by atoms with van der Waals surface area (Å²) in [6.07, 6.45) is 5.28. The van der Waals surface area contributed by atoms with Crippen LogP contribution in [0.2, 0.25) is 0 Å². The van der Waals surface area contributed by atoms with E-state index in [2.05, 4.69) is 10.1 Å². The maximum Gasteiger partial charge on any atom is 0.266 e. The Hall–Kier alpha value is -2.14. The standard InChI is InChI=1S/C12H9N3OS/c17-12-14-11(8-16-12)9-6-13-15(7-9)10-4-2-1-3-5-10/h1-8H,(H,14,17). The van der Waals surface area contributed by atoms with E-state index in [0.29, 0.717) is 4.84 Å². The van der Waals surface area contributed by atoms with Gasteiger partial charge in [0.05, 0.1) is 17.6 Å². The molecule has 0 aliphatic heterocycles. The zero-order valence-corrected chi connectivity index (χ0v) is 9.65.